The fourth-order valence-electron chi connectivity index (χ4n) is 2.37. The average Bonchev–Trinajstić information content (AvgIpc) is 2.62. The molecule has 1 atom stereocenters. The number of aryl methyl sites for hydroxylation is 1. The summed E-state index contributed by atoms with van der Waals surface area (Å²) in [5.41, 5.74) is 4.58. The van der Waals surface area contributed by atoms with Gasteiger partial charge in [0.05, 0.1) is 6.54 Å². The van der Waals surface area contributed by atoms with Gasteiger partial charge in [0.2, 0.25) is 0 Å². The second kappa shape index (κ2) is 11.1. The first-order valence-electron chi connectivity index (χ1n) is 8.61. The number of hydrogen-bond acceptors (Lipinski definition) is 3. The van der Waals surface area contributed by atoms with Crippen LogP contribution in [0.4, 0.5) is 4.39 Å². The predicted molar refractivity (Wildman–Crippen MR) is 112 cm³/mol. The predicted octanol–water partition coefficient (Wildman–Crippen LogP) is 5.75. The van der Waals surface area contributed by atoms with Gasteiger partial charge in [-0.05, 0) is 74.2 Å². The first kappa shape index (κ1) is 21.4. The van der Waals surface area contributed by atoms with Crippen molar-refractivity contribution in [2.24, 2.45) is 15.0 Å². The standard InChI is InChI=1S/C22H28FN3/c1-7-20(15-26-18(4)14-25-10-8-9-24-6)11-17(3)21-12-16(2)19(5)22(23)13-21/h7-10,12-13,15,17H,1,6,11,14H2,2-5H3/b9-8-,20-15+,25-10-,26-18+. The summed E-state index contributed by atoms with van der Waals surface area (Å²) in [5.74, 6) is 0.0292. The molecule has 0 heterocycles. The summed E-state index contributed by atoms with van der Waals surface area (Å²) in [6.45, 7) is 15.5. The highest BCUT2D eigenvalue weighted by Crippen LogP contribution is 2.27. The number of aliphatic imine (C=N–C) groups is 3. The van der Waals surface area contributed by atoms with Gasteiger partial charge in [-0.25, -0.2) is 4.39 Å². The lowest BCUT2D eigenvalue weighted by atomic mass is 9.91. The van der Waals surface area contributed by atoms with Crippen LogP contribution < -0.4 is 0 Å². The molecule has 0 aliphatic heterocycles. The maximum atomic E-state index is 14.0. The van der Waals surface area contributed by atoms with Crippen LogP contribution in [0.2, 0.25) is 0 Å². The van der Waals surface area contributed by atoms with Crippen LogP contribution in [0, 0.1) is 19.7 Å². The summed E-state index contributed by atoms with van der Waals surface area (Å²) in [7, 11) is 0. The van der Waals surface area contributed by atoms with E-state index < -0.39 is 0 Å². The van der Waals surface area contributed by atoms with Gasteiger partial charge in [0, 0.05) is 24.3 Å². The third kappa shape index (κ3) is 7.09. The minimum Gasteiger partial charge on any atom is -0.287 e. The molecule has 1 aromatic rings. The minimum absolute atomic E-state index is 0.150. The quantitative estimate of drug-likeness (QED) is 0.400. The van der Waals surface area contributed by atoms with Crippen LogP contribution in [0.1, 0.15) is 42.9 Å². The summed E-state index contributed by atoms with van der Waals surface area (Å²) in [4.78, 5) is 12.3. The van der Waals surface area contributed by atoms with Crippen LogP contribution in [0.15, 0.2) is 63.8 Å². The maximum Gasteiger partial charge on any atom is 0.126 e. The molecule has 1 unspecified atom stereocenters. The van der Waals surface area contributed by atoms with Crippen molar-refractivity contribution < 1.29 is 4.39 Å². The van der Waals surface area contributed by atoms with E-state index in [0.717, 1.165) is 28.8 Å². The molecule has 0 amide bonds. The number of nitrogens with zero attached hydrogens (tertiary/aromatic N) is 3. The molecule has 3 nitrogen and oxygen atoms in total. The van der Waals surface area contributed by atoms with Gasteiger partial charge in [0.1, 0.15) is 5.82 Å². The lowest BCUT2D eigenvalue weighted by Crippen LogP contribution is -1.99. The van der Waals surface area contributed by atoms with E-state index in [4.69, 9.17) is 0 Å². The van der Waals surface area contributed by atoms with Crippen molar-refractivity contribution in [1.29, 1.82) is 0 Å². The molecule has 138 valence electrons. The van der Waals surface area contributed by atoms with Crippen LogP contribution in [-0.2, 0) is 0 Å². The summed E-state index contributed by atoms with van der Waals surface area (Å²) < 4.78 is 14.0. The van der Waals surface area contributed by atoms with Gasteiger partial charge < -0.3 is 0 Å². The Labute approximate surface area is 156 Å². The summed E-state index contributed by atoms with van der Waals surface area (Å²) >= 11 is 0. The molecule has 1 rings (SSSR count). The monoisotopic (exact) mass is 353 g/mol. The Morgan fingerprint density at radius 2 is 2.04 bits per heavy atom. The lowest BCUT2D eigenvalue weighted by Gasteiger charge is -2.15. The molecule has 0 bridgehead atoms. The molecule has 0 aliphatic carbocycles. The van der Waals surface area contributed by atoms with E-state index >= 15 is 0 Å². The molecule has 0 aliphatic rings. The summed E-state index contributed by atoms with van der Waals surface area (Å²) in [6.07, 6.45) is 9.32. The number of hydrogen-bond donors (Lipinski definition) is 0. The third-order valence-corrected chi connectivity index (χ3v) is 4.15. The molecule has 0 saturated carbocycles. The molecule has 0 N–H and O–H groups in total. The molecule has 26 heavy (non-hydrogen) atoms. The Balaban J connectivity index is 2.79. The van der Waals surface area contributed by atoms with E-state index in [1.165, 1.54) is 0 Å². The molecular weight excluding hydrogens is 325 g/mol. The van der Waals surface area contributed by atoms with Crippen LogP contribution in [0.3, 0.4) is 0 Å². The Hall–Kier alpha value is -2.62. The van der Waals surface area contributed by atoms with Crippen LogP contribution in [-0.4, -0.2) is 25.2 Å². The Morgan fingerprint density at radius 3 is 2.65 bits per heavy atom. The normalized spacial score (nSPS) is 14.2. The van der Waals surface area contributed by atoms with Crippen molar-refractivity contribution in [1.82, 2.24) is 0 Å². The Kier molecular flexibility index (Phi) is 9.13. The van der Waals surface area contributed by atoms with Gasteiger partial charge in [-0.15, -0.1) is 0 Å². The lowest BCUT2D eigenvalue weighted by molar-refractivity contribution is 0.610. The molecule has 1 aromatic carbocycles. The zero-order valence-electron chi connectivity index (χ0n) is 16.2. The molecular formula is C22H28FN3. The van der Waals surface area contributed by atoms with E-state index in [9.17, 15) is 4.39 Å². The molecule has 0 fully saturated rings. The van der Waals surface area contributed by atoms with Crippen molar-refractivity contribution in [2.45, 2.75) is 40.0 Å². The van der Waals surface area contributed by atoms with Crippen molar-refractivity contribution in [3.05, 3.63) is 71.3 Å². The van der Waals surface area contributed by atoms with Crippen molar-refractivity contribution in [2.75, 3.05) is 6.54 Å². The van der Waals surface area contributed by atoms with Crippen LogP contribution in [0.25, 0.3) is 0 Å². The second-order valence-electron chi connectivity index (χ2n) is 6.34. The number of rotatable bonds is 9. The molecule has 0 spiro atoms. The molecule has 0 saturated heterocycles. The van der Waals surface area contributed by atoms with E-state index in [1.54, 1.807) is 37.6 Å². The molecule has 0 radical (unpaired) electrons. The fourth-order valence-corrected chi connectivity index (χ4v) is 2.37. The highest BCUT2D eigenvalue weighted by Gasteiger charge is 2.11. The van der Waals surface area contributed by atoms with Crippen LogP contribution in [0.5, 0.6) is 0 Å². The largest absolute Gasteiger partial charge is 0.287 e. The zero-order chi connectivity index (χ0) is 19.5. The maximum absolute atomic E-state index is 14.0. The van der Waals surface area contributed by atoms with E-state index in [1.807, 2.05) is 20.0 Å². The molecule has 4 heteroatoms. The first-order valence-corrected chi connectivity index (χ1v) is 8.61. The van der Waals surface area contributed by atoms with Gasteiger partial charge in [0.25, 0.3) is 0 Å². The zero-order valence-corrected chi connectivity index (χ0v) is 16.2. The number of allylic oxidation sites excluding steroid dienone is 3. The van der Waals surface area contributed by atoms with E-state index in [-0.39, 0.29) is 11.7 Å². The van der Waals surface area contributed by atoms with Gasteiger partial charge in [-0.1, -0.05) is 25.6 Å². The average molecular weight is 353 g/mol. The fraction of sp³-hybridized carbons (Fsp3) is 0.318. The highest BCUT2D eigenvalue weighted by atomic mass is 19.1. The van der Waals surface area contributed by atoms with Gasteiger partial charge >= 0.3 is 0 Å². The summed E-state index contributed by atoms with van der Waals surface area (Å²) in [6, 6.07) is 3.68. The number of benzene rings is 1. The summed E-state index contributed by atoms with van der Waals surface area (Å²) in [5, 5.41) is 0. The van der Waals surface area contributed by atoms with Gasteiger partial charge in [-0.2, -0.15) is 0 Å². The van der Waals surface area contributed by atoms with Crippen molar-refractivity contribution in [3.63, 3.8) is 0 Å². The van der Waals surface area contributed by atoms with Gasteiger partial charge in [0.15, 0.2) is 0 Å². The van der Waals surface area contributed by atoms with E-state index in [0.29, 0.717) is 12.1 Å². The number of halogens is 1. The molecule has 0 aromatic heterocycles. The first-order chi connectivity index (χ1) is 12.4. The van der Waals surface area contributed by atoms with Crippen molar-refractivity contribution >= 4 is 18.6 Å². The second-order valence-corrected chi connectivity index (χ2v) is 6.34. The SMILES string of the molecule is C=C/C(=C\N=C(/C)C/N=C\C=C/N=C)CC(C)c1cc(C)c(C)c(F)c1. The smallest absolute Gasteiger partial charge is 0.126 e. The highest BCUT2D eigenvalue weighted by molar-refractivity contribution is 5.86. The minimum atomic E-state index is -0.150. The topological polar surface area (TPSA) is 37.1 Å². The van der Waals surface area contributed by atoms with Crippen LogP contribution >= 0.6 is 0 Å². The van der Waals surface area contributed by atoms with Gasteiger partial charge in [-0.3, -0.25) is 15.0 Å². The van der Waals surface area contributed by atoms with Crippen molar-refractivity contribution in [3.8, 4) is 0 Å². The van der Waals surface area contributed by atoms with E-state index in [2.05, 4.69) is 41.3 Å². The third-order valence-electron chi connectivity index (χ3n) is 4.15. The Bertz CT molecular complexity index is 732. The Morgan fingerprint density at radius 1 is 1.31 bits per heavy atom.